The van der Waals surface area contributed by atoms with Crippen LogP contribution in [0.15, 0.2) is 12.2 Å². The van der Waals surface area contributed by atoms with Crippen LogP contribution in [-0.2, 0) is 14.0 Å². The van der Waals surface area contributed by atoms with Crippen molar-refractivity contribution in [1.82, 2.24) is 0 Å². The van der Waals surface area contributed by atoms with Crippen molar-refractivity contribution in [1.29, 1.82) is 0 Å². The first-order chi connectivity index (χ1) is 6.39. The first-order valence-electron chi connectivity index (χ1n) is 4.77. The van der Waals surface area contributed by atoms with E-state index >= 15 is 0 Å². The zero-order chi connectivity index (χ0) is 11.2. The van der Waals surface area contributed by atoms with Crippen LogP contribution in [0.1, 0.15) is 33.6 Å². The molecule has 0 unspecified atom stereocenters. The fraction of sp³-hybridized carbons (Fsp3) is 0.700. The number of hydrogen-bond acceptors (Lipinski definition) is 3. The molecule has 0 saturated carbocycles. The molecule has 0 aliphatic carbocycles. The third-order valence-corrected chi connectivity index (χ3v) is 3.16. The highest BCUT2D eigenvalue weighted by atomic mass is 28.2. The fourth-order valence-corrected chi connectivity index (χ4v) is 1.09. The standard InChI is InChI=1S/C10H20O3Si/c1-8(2)9(11)12-7-5-6-10(3,4)13-14/h1,5-7H2,2-4,14H3. The van der Waals surface area contributed by atoms with Crippen LogP contribution in [0.2, 0.25) is 0 Å². The van der Waals surface area contributed by atoms with Crippen molar-refractivity contribution in [3.05, 3.63) is 12.2 Å². The Morgan fingerprint density at radius 3 is 2.50 bits per heavy atom. The molecule has 0 bridgehead atoms. The predicted molar refractivity (Wildman–Crippen MR) is 60.1 cm³/mol. The Kier molecular flexibility index (Phi) is 5.72. The molecule has 14 heavy (non-hydrogen) atoms. The van der Waals surface area contributed by atoms with E-state index in [2.05, 4.69) is 6.58 Å². The summed E-state index contributed by atoms with van der Waals surface area (Å²) in [6.07, 6.45) is 1.73. The van der Waals surface area contributed by atoms with Gasteiger partial charge in [0.2, 0.25) is 0 Å². The van der Waals surface area contributed by atoms with E-state index in [1.54, 1.807) is 6.92 Å². The quantitative estimate of drug-likeness (QED) is 0.287. The van der Waals surface area contributed by atoms with Gasteiger partial charge in [-0.25, -0.2) is 4.79 Å². The molecule has 3 nitrogen and oxygen atoms in total. The first-order valence-corrected chi connectivity index (χ1v) is 5.58. The summed E-state index contributed by atoms with van der Waals surface area (Å²) >= 11 is 0. The van der Waals surface area contributed by atoms with Gasteiger partial charge in [0.15, 0.2) is 0 Å². The molecule has 0 aliphatic rings. The van der Waals surface area contributed by atoms with Crippen molar-refractivity contribution in [2.75, 3.05) is 6.61 Å². The lowest BCUT2D eigenvalue weighted by Gasteiger charge is -2.23. The van der Waals surface area contributed by atoms with Crippen molar-refractivity contribution >= 4 is 16.5 Å². The summed E-state index contributed by atoms with van der Waals surface area (Å²) < 4.78 is 10.3. The Morgan fingerprint density at radius 1 is 1.50 bits per heavy atom. The molecule has 0 radical (unpaired) electrons. The average molecular weight is 216 g/mol. The van der Waals surface area contributed by atoms with Gasteiger partial charge in [-0.1, -0.05) is 6.58 Å². The molecule has 0 heterocycles. The summed E-state index contributed by atoms with van der Waals surface area (Å²) in [6, 6.07) is 0. The van der Waals surface area contributed by atoms with Crippen molar-refractivity contribution < 1.29 is 14.0 Å². The van der Waals surface area contributed by atoms with Gasteiger partial charge in [0.05, 0.1) is 6.61 Å². The lowest BCUT2D eigenvalue weighted by Crippen LogP contribution is -2.23. The van der Waals surface area contributed by atoms with Crippen LogP contribution in [-0.4, -0.2) is 28.7 Å². The van der Waals surface area contributed by atoms with E-state index in [4.69, 9.17) is 9.16 Å². The van der Waals surface area contributed by atoms with Crippen molar-refractivity contribution in [2.24, 2.45) is 0 Å². The van der Waals surface area contributed by atoms with E-state index in [1.165, 1.54) is 0 Å². The molecule has 0 saturated heterocycles. The molecule has 0 fully saturated rings. The minimum absolute atomic E-state index is 0.0815. The van der Waals surface area contributed by atoms with Crippen LogP contribution in [0.4, 0.5) is 0 Å². The molecule has 0 atom stereocenters. The molecule has 82 valence electrons. The normalized spacial score (nSPS) is 11.4. The topological polar surface area (TPSA) is 35.5 Å². The molecular formula is C10H20O3Si. The third-order valence-electron chi connectivity index (χ3n) is 2.06. The molecular weight excluding hydrogens is 196 g/mol. The molecule has 0 aromatic heterocycles. The van der Waals surface area contributed by atoms with Gasteiger partial charge in [-0.15, -0.1) is 0 Å². The minimum Gasteiger partial charge on any atom is -0.462 e. The van der Waals surface area contributed by atoms with Crippen molar-refractivity contribution in [2.45, 2.75) is 39.2 Å². The lowest BCUT2D eigenvalue weighted by atomic mass is 10.0. The maximum atomic E-state index is 11.0. The zero-order valence-corrected chi connectivity index (χ0v) is 11.6. The van der Waals surface area contributed by atoms with E-state index in [0.29, 0.717) is 12.2 Å². The van der Waals surface area contributed by atoms with E-state index in [-0.39, 0.29) is 11.6 Å². The maximum Gasteiger partial charge on any atom is 0.333 e. The smallest absolute Gasteiger partial charge is 0.333 e. The van der Waals surface area contributed by atoms with E-state index < -0.39 is 0 Å². The van der Waals surface area contributed by atoms with E-state index in [1.807, 2.05) is 13.8 Å². The second-order valence-electron chi connectivity index (χ2n) is 3.98. The second kappa shape index (κ2) is 5.98. The molecule has 0 spiro atoms. The monoisotopic (exact) mass is 216 g/mol. The Morgan fingerprint density at radius 2 is 2.07 bits per heavy atom. The Labute approximate surface area is 89.0 Å². The fourth-order valence-electron chi connectivity index (χ4n) is 0.888. The summed E-state index contributed by atoms with van der Waals surface area (Å²) in [7, 11) is 0.738. The number of ether oxygens (including phenoxy) is 1. The number of esters is 1. The van der Waals surface area contributed by atoms with Crippen LogP contribution >= 0.6 is 0 Å². The molecule has 0 N–H and O–H groups in total. The largest absolute Gasteiger partial charge is 0.462 e. The highest BCUT2D eigenvalue weighted by Crippen LogP contribution is 2.14. The van der Waals surface area contributed by atoms with Crippen LogP contribution in [0.25, 0.3) is 0 Å². The van der Waals surface area contributed by atoms with Gasteiger partial charge in [0.1, 0.15) is 10.5 Å². The van der Waals surface area contributed by atoms with Gasteiger partial charge < -0.3 is 9.16 Å². The molecule has 0 aromatic rings. The van der Waals surface area contributed by atoms with E-state index in [0.717, 1.165) is 23.3 Å². The van der Waals surface area contributed by atoms with Gasteiger partial charge >= 0.3 is 5.97 Å². The van der Waals surface area contributed by atoms with Gasteiger partial charge in [0, 0.05) is 11.2 Å². The Bertz CT molecular complexity index is 211. The van der Waals surface area contributed by atoms with E-state index in [9.17, 15) is 4.79 Å². The van der Waals surface area contributed by atoms with Gasteiger partial charge in [0.25, 0.3) is 0 Å². The van der Waals surface area contributed by atoms with Crippen LogP contribution in [0, 0.1) is 0 Å². The Balaban J connectivity index is 3.57. The molecule has 0 aliphatic heterocycles. The predicted octanol–water partition coefficient (Wildman–Crippen LogP) is 0.961. The molecule has 0 aromatic carbocycles. The summed E-state index contributed by atoms with van der Waals surface area (Å²) in [5.41, 5.74) is 0.366. The summed E-state index contributed by atoms with van der Waals surface area (Å²) in [6.45, 7) is 9.68. The number of rotatable bonds is 6. The van der Waals surface area contributed by atoms with Crippen LogP contribution in [0.3, 0.4) is 0 Å². The lowest BCUT2D eigenvalue weighted by molar-refractivity contribution is -0.139. The SMILES string of the molecule is C=C(C)C(=O)OCCCC(C)(C)O[SiH3]. The highest BCUT2D eigenvalue weighted by Gasteiger charge is 2.15. The van der Waals surface area contributed by atoms with Crippen molar-refractivity contribution in [3.8, 4) is 0 Å². The second-order valence-corrected chi connectivity index (χ2v) is 4.39. The summed E-state index contributed by atoms with van der Waals surface area (Å²) in [4.78, 5) is 11.0. The van der Waals surface area contributed by atoms with Crippen LogP contribution in [0.5, 0.6) is 0 Å². The van der Waals surface area contributed by atoms with Gasteiger partial charge in [-0.3, -0.25) is 0 Å². The Hall–Kier alpha value is -0.613. The summed E-state index contributed by atoms with van der Waals surface area (Å²) in [5.74, 6) is -0.311. The number of hydrogen-bond donors (Lipinski definition) is 0. The molecule has 0 amide bonds. The van der Waals surface area contributed by atoms with Gasteiger partial charge in [-0.05, 0) is 33.6 Å². The number of carbonyl (C=O) groups excluding carboxylic acids is 1. The van der Waals surface area contributed by atoms with Crippen LogP contribution < -0.4 is 0 Å². The highest BCUT2D eigenvalue weighted by molar-refractivity contribution is 5.98. The first kappa shape index (κ1) is 13.4. The zero-order valence-electron chi connectivity index (χ0n) is 9.55. The summed E-state index contributed by atoms with van der Waals surface area (Å²) in [5, 5.41) is 0. The minimum atomic E-state index is -0.311. The number of carbonyl (C=O) groups is 1. The third kappa shape index (κ3) is 5.94. The van der Waals surface area contributed by atoms with Gasteiger partial charge in [-0.2, -0.15) is 0 Å². The maximum absolute atomic E-state index is 11.0. The van der Waals surface area contributed by atoms with Crippen molar-refractivity contribution in [3.63, 3.8) is 0 Å². The molecule has 0 rings (SSSR count). The molecule has 4 heteroatoms. The average Bonchev–Trinajstić information content (AvgIpc) is 2.12.